The van der Waals surface area contributed by atoms with Crippen molar-refractivity contribution >= 4 is 16.1 Å². The lowest BCUT2D eigenvalue weighted by molar-refractivity contribution is -0.160. The summed E-state index contributed by atoms with van der Waals surface area (Å²) in [7, 11) is -3.58. The van der Waals surface area contributed by atoms with Crippen molar-refractivity contribution < 1.29 is 36.1 Å². The molecule has 0 spiro atoms. The fourth-order valence-electron chi connectivity index (χ4n) is 2.93. The molecular weight excluding hydrogens is 462 g/mol. The molecule has 1 heterocycles. The van der Waals surface area contributed by atoms with Gasteiger partial charge in [0.25, 0.3) is 0 Å². The number of hydrogen-bond donors (Lipinski definition) is 0. The average molecular weight is 490 g/mol. The molecule has 0 amide bonds. The molecule has 10 heteroatoms. The van der Waals surface area contributed by atoms with E-state index in [0.717, 1.165) is 11.8 Å². The van der Waals surface area contributed by atoms with Crippen LogP contribution in [0.2, 0.25) is 0 Å². The Morgan fingerprint density at radius 2 is 1.62 bits per heavy atom. The first-order chi connectivity index (χ1) is 16.1. The Morgan fingerprint density at radius 3 is 2.21 bits per heavy atom. The lowest BCUT2D eigenvalue weighted by Crippen LogP contribution is -2.42. The van der Waals surface area contributed by atoms with Crippen molar-refractivity contribution in [3.05, 3.63) is 60.4 Å². The molecule has 0 unspecified atom stereocenters. The van der Waals surface area contributed by atoms with E-state index in [4.69, 9.17) is 22.9 Å². The minimum atomic E-state index is -3.58. The predicted octanol–water partition coefficient (Wildman–Crippen LogP) is 4.37. The molecule has 0 aliphatic heterocycles. The monoisotopic (exact) mass is 489 g/mol. The van der Waals surface area contributed by atoms with Crippen molar-refractivity contribution in [2.24, 2.45) is 0 Å². The summed E-state index contributed by atoms with van der Waals surface area (Å²) in [5.41, 5.74) is 0.244. The van der Waals surface area contributed by atoms with Gasteiger partial charge in [-0.2, -0.15) is 8.42 Å². The Morgan fingerprint density at radius 1 is 1.00 bits per heavy atom. The minimum absolute atomic E-state index is 0.151. The number of carbonyl (C=O) groups is 1. The second-order valence-electron chi connectivity index (χ2n) is 7.66. The fraction of sp³-hybridized carbons (Fsp3) is 0.333. The highest BCUT2D eigenvalue weighted by Crippen LogP contribution is 2.26. The molecule has 9 nitrogen and oxygen atoms in total. The van der Waals surface area contributed by atoms with E-state index < -0.39 is 21.7 Å². The van der Waals surface area contributed by atoms with E-state index in [2.05, 4.69) is 5.16 Å². The topological polar surface area (TPSA) is 114 Å². The molecule has 0 fully saturated rings. The Hall–Kier alpha value is -3.53. The van der Waals surface area contributed by atoms with Crippen molar-refractivity contribution in [2.75, 3.05) is 12.9 Å². The maximum atomic E-state index is 12.2. The SMILES string of the molecule is CCOC(=O)[C@](C)(CC)Oc1ccc(OCc2cc(-c3ccc(OS(C)(=O)=O)cc3)no2)cc1. The Bertz CT molecular complexity index is 1200. The van der Waals surface area contributed by atoms with E-state index in [0.29, 0.717) is 29.4 Å². The van der Waals surface area contributed by atoms with Gasteiger partial charge in [0.1, 0.15) is 29.5 Å². The number of nitrogens with zero attached hydrogens (tertiary/aromatic N) is 1. The highest BCUT2D eigenvalue weighted by Gasteiger charge is 2.35. The van der Waals surface area contributed by atoms with Crippen LogP contribution in [0.5, 0.6) is 17.2 Å². The number of benzene rings is 2. The van der Waals surface area contributed by atoms with Crippen LogP contribution >= 0.6 is 0 Å². The molecule has 0 aliphatic carbocycles. The van der Waals surface area contributed by atoms with Crippen molar-refractivity contribution in [1.29, 1.82) is 0 Å². The van der Waals surface area contributed by atoms with E-state index >= 15 is 0 Å². The summed E-state index contributed by atoms with van der Waals surface area (Å²) in [5.74, 6) is 1.42. The van der Waals surface area contributed by atoms with Crippen LogP contribution in [0.3, 0.4) is 0 Å². The number of hydrogen-bond acceptors (Lipinski definition) is 9. The van der Waals surface area contributed by atoms with Gasteiger partial charge in [0.05, 0.1) is 12.9 Å². The lowest BCUT2D eigenvalue weighted by atomic mass is 10.0. The summed E-state index contributed by atoms with van der Waals surface area (Å²) in [6.45, 7) is 5.75. The summed E-state index contributed by atoms with van der Waals surface area (Å²) in [6, 6.07) is 15.1. The first-order valence-electron chi connectivity index (χ1n) is 10.7. The Balaban J connectivity index is 1.58. The highest BCUT2D eigenvalue weighted by atomic mass is 32.2. The second kappa shape index (κ2) is 10.6. The van der Waals surface area contributed by atoms with E-state index in [-0.39, 0.29) is 19.0 Å². The van der Waals surface area contributed by atoms with Crippen molar-refractivity contribution in [2.45, 2.75) is 39.4 Å². The first kappa shape index (κ1) is 25.1. The number of ether oxygens (including phenoxy) is 3. The first-order valence-corrected chi connectivity index (χ1v) is 12.5. The van der Waals surface area contributed by atoms with Gasteiger partial charge in [-0.15, -0.1) is 0 Å². The van der Waals surface area contributed by atoms with Crippen LogP contribution in [-0.4, -0.2) is 38.0 Å². The van der Waals surface area contributed by atoms with E-state index in [9.17, 15) is 13.2 Å². The fourth-order valence-corrected chi connectivity index (χ4v) is 3.39. The largest absolute Gasteiger partial charge is 0.486 e. The molecule has 0 radical (unpaired) electrons. The molecule has 1 atom stereocenters. The molecule has 182 valence electrons. The third kappa shape index (κ3) is 6.74. The molecule has 0 saturated carbocycles. The molecule has 3 aromatic rings. The zero-order valence-electron chi connectivity index (χ0n) is 19.4. The predicted molar refractivity (Wildman–Crippen MR) is 124 cm³/mol. The Labute approximate surface area is 198 Å². The van der Waals surface area contributed by atoms with Gasteiger partial charge in [-0.3, -0.25) is 0 Å². The van der Waals surface area contributed by atoms with Crippen molar-refractivity contribution in [1.82, 2.24) is 5.16 Å². The zero-order chi connectivity index (χ0) is 24.8. The minimum Gasteiger partial charge on any atom is -0.486 e. The molecule has 1 aromatic heterocycles. The van der Waals surface area contributed by atoms with Gasteiger partial charge < -0.3 is 22.9 Å². The van der Waals surface area contributed by atoms with Gasteiger partial charge in [0.15, 0.2) is 5.76 Å². The second-order valence-corrected chi connectivity index (χ2v) is 9.23. The summed E-state index contributed by atoms with van der Waals surface area (Å²) in [4.78, 5) is 12.2. The molecule has 3 rings (SSSR count). The normalized spacial score (nSPS) is 13.1. The number of rotatable bonds is 11. The van der Waals surface area contributed by atoms with Crippen LogP contribution in [0.4, 0.5) is 0 Å². The highest BCUT2D eigenvalue weighted by molar-refractivity contribution is 7.86. The van der Waals surface area contributed by atoms with Crippen LogP contribution in [0.25, 0.3) is 11.3 Å². The van der Waals surface area contributed by atoms with Gasteiger partial charge >= 0.3 is 16.1 Å². The summed E-state index contributed by atoms with van der Waals surface area (Å²) < 4.78 is 49.3. The molecule has 34 heavy (non-hydrogen) atoms. The molecule has 0 N–H and O–H groups in total. The van der Waals surface area contributed by atoms with Crippen LogP contribution in [0.1, 0.15) is 33.0 Å². The van der Waals surface area contributed by atoms with E-state index in [1.807, 2.05) is 6.92 Å². The van der Waals surface area contributed by atoms with Crippen molar-refractivity contribution in [3.63, 3.8) is 0 Å². The quantitative estimate of drug-likeness (QED) is 0.286. The van der Waals surface area contributed by atoms with Gasteiger partial charge in [-0.05, 0) is 68.8 Å². The van der Waals surface area contributed by atoms with Crippen LogP contribution in [0.15, 0.2) is 59.1 Å². The smallest absolute Gasteiger partial charge is 0.350 e. The third-order valence-electron chi connectivity index (χ3n) is 4.89. The number of aromatic nitrogens is 1. The molecule has 2 aromatic carbocycles. The van der Waals surface area contributed by atoms with Crippen LogP contribution < -0.4 is 13.7 Å². The standard InChI is InChI=1S/C24H27NO8S/c1-5-24(3,23(26)29-6-2)31-19-13-11-18(12-14-19)30-16-21-15-22(25-32-21)17-7-9-20(10-8-17)33-34(4,27)28/h7-15H,5-6,16H2,1-4H3/t24-/m0/s1. The van der Waals surface area contributed by atoms with Gasteiger partial charge in [0.2, 0.25) is 5.60 Å². The molecule has 0 aliphatic rings. The van der Waals surface area contributed by atoms with Crippen LogP contribution in [0, 0.1) is 0 Å². The van der Waals surface area contributed by atoms with E-state index in [1.54, 1.807) is 56.3 Å². The maximum Gasteiger partial charge on any atom is 0.350 e. The average Bonchev–Trinajstić information content (AvgIpc) is 3.27. The summed E-state index contributed by atoms with van der Waals surface area (Å²) in [6.07, 6.45) is 1.45. The number of carbonyl (C=O) groups excluding carboxylic acids is 1. The number of esters is 1. The van der Waals surface area contributed by atoms with E-state index in [1.165, 1.54) is 12.1 Å². The van der Waals surface area contributed by atoms with Crippen LogP contribution in [-0.2, 0) is 26.3 Å². The molecule has 0 bridgehead atoms. The third-order valence-corrected chi connectivity index (χ3v) is 5.38. The Kier molecular flexibility index (Phi) is 7.83. The summed E-state index contributed by atoms with van der Waals surface area (Å²) in [5, 5.41) is 4.02. The molecular formula is C24H27NO8S. The van der Waals surface area contributed by atoms with Gasteiger partial charge in [-0.25, -0.2) is 4.79 Å². The van der Waals surface area contributed by atoms with Gasteiger partial charge in [0, 0.05) is 11.6 Å². The zero-order valence-corrected chi connectivity index (χ0v) is 20.3. The van der Waals surface area contributed by atoms with Gasteiger partial charge in [-0.1, -0.05) is 12.1 Å². The lowest BCUT2D eigenvalue weighted by Gasteiger charge is -2.27. The molecule has 0 saturated heterocycles. The summed E-state index contributed by atoms with van der Waals surface area (Å²) >= 11 is 0. The van der Waals surface area contributed by atoms with Crippen molar-refractivity contribution in [3.8, 4) is 28.5 Å². The maximum absolute atomic E-state index is 12.2.